The Morgan fingerprint density at radius 1 is 1.41 bits per heavy atom. The van der Waals surface area contributed by atoms with Gasteiger partial charge in [0.2, 0.25) is 0 Å². The molecule has 0 spiro atoms. The fraction of sp³-hybridized carbons (Fsp3) is 0.667. The number of hydrogen-bond donors (Lipinski definition) is 1. The third kappa shape index (κ3) is 2.68. The second kappa shape index (κ2) is 5.63. The van der Waals surface area contributed by atoms with Crippen LogP contribution in [0.1, 0.15) is 57.3 Å². The Morgan fingerprint density at radius 2 is 2.18 bits per heavy atom. The second-order valence-electron chi connectivity index (χ2n) is 5.17. The molecule has 2 atom stereocenters. The molecule has 0 aliphatic heterocycles. The van der Waals surface area contributed by atoms with Crippen molar-refractivity contribution >= 4 is 0 Å². The van der Waals surface area contributed by atoms with Crippen molar-refractivity contribution in [2.24, 2.45) is 5.92 Å². The molecule has 0 aromatic carbocycles. The summed E-state index contributed by atoms with van der Waals surface area (Å²) >= 11 is 0. The monoisotopic (exact) mass is 232 g/mol. The van der Waals surface area contributed by atoms with Crippen molar-refractivity contribution < 1.29 is 0 Å². The van der Waals surface area contributed by atoms with Gasteiger partial charge in [0.1, 0.15) is 0 Å². The molecule has 1 heterocycles. The molecule has 0 radical (unpaired) electrons. The van der Waals surface area contributed by atoms with E-state index in [0.29, 0.717) is 12.1 Å². The van der Waals surface area contributed by atoms with Crippen LogP contribution in [0.15, 0.2) is 18.3 Å². The molecule has 1 N–H and O–H groups in total. The zero-order valence-corrected chi connectivity index (χ0v) is 11.2. The van der Waals surface area contributed by atoms with Crippen molar-refractivity contribution in [1.29, 1.82) is 0 Å². The largest absolute Gasteiger partial charge is 0.306 e. The lowest BCUT2D eigenvalue weighted by atomic mass is 9.94. The van der Waals surface area contributed by atoms with Crippen LogP contribution in [-0.2, 0) is 6.42 Å². The van der Waals surface area contributed by atoms with Crippen molar-refractivity contribution in [3.8, 4) is 0 Å². The van der Waals surface area contributed by atoms with Crippen LogP contribution in [0.3, 0.4) is 0 Å². The Balaban J connectivity index is 2.02. The third-order valence-electron chi connectivity index (χ3n) is 4.18. The maximum atomic E-state index is 4.54. The number of fused-ring (bicyclic) bond motifs is 1. The van der Waals surface area contributed by atoms with Gasteiger partial charge in [-0.25, -0.2) is 0 Å². The van der Waals surface area contributed by atoms with Gasteiger partial charge in [-0.05, 0) is 37.3 Å². The van der Waals surface area contributed by atoms with E-state index < -0.39 is 0 Å². The van der Waals surface area contributed by atoms with Gasteiger partial charge < -0.3 is 5.32 Å². The molecule has 0 fully saturated rings. The van der Waals surface area contributed by atoms with Crippen LogP contribution >= 0.6 is 0 Å². The highest BCUT2D eigenvalue weighted by Crippen LogP contribution is 2.30. The van der Waals surface area contributed by atoms with E-state index in [0.717, 1.165) is 5.92 Å². The first kappa shape index (κ1) is 12.6. The number of hydrogen-bond acceptors (Lipinski definition) is 2. The smallest absolute Gasteiger partial charge is 0.0605 e. The lowest BCUT2D eigenvalue weighted by Gasteiger charge is -2.26. The maximum Gasteiger partial charge on any atom is 0.0605 e. The number of nitrogens with one attached hydrogen (secondary N) is 1. The number of nitrogens with zero attached hydrogens (tertiary/aromatic N) is 1. The van der Waals surface area contributed by atoms with E-state index in [2.05, 4.69) is 37.1 Å². The van der Waals surface area contributed by atoms with Crippen LogP contribution in [0.4, 0.5) is 0 Å². The fourth-order valence-electron chi connectivity index (χ4n) is 3.02. The van der Waals surface area contributed by atoms with Gasteiger partial charge in [-0.2, -0.15) is 0 Å². The Bertz CT molecular complexity index is 358. The quantitative estimate of drug-likeness (QED) is 0.840. The SMILES string of the molecule is CCC(CC)C(C)NC1CCc2cccnc21. The summed E-state index contributed by atoms with van der Waals surface area (Å²) in [4.78, 5) is 4.54. The topological polar surface area (TPSA) is 24.9 Å². The minimum atomic E-state index is 0.474. The third-order valence-corrected chi connectivity index (χ3v) is 4.18. The molecule has 0 saturated carbocycles. The molecule has 94 valence electrons. The molecule has 2 rings (SSSR count). The lowest BCUT2D eigenvalue weighted by Crippen LogP contribution is -2.35. The van der Waals surface area contributed by atoms with Crippen LogP contribution in [0.2, 0.25) is 0 Å². The van der Waals surface area contributed by atoms with Crippen LogP contribution in [0.25, 0.3) is 0 Å². The summed E-state index contributed by atoms with van der Waals surface area (Å²) < 4.78 is 0. The first-order chi connectivity index (χ1) is 8.26. The van der Waals surface area contributed by atoms with Crippen LogP contribution < -0.4 is 5.32 Å². The molecular weight excluding hydrogens is 208 g/mol. The van der Waals surface area contributed by atoms with Gasteiger partial charge in [0.15, 0.2) is 0 Å². The number of aryl methyl sites for hydroxylation is 1. The Morgan fingerprint density at radius 3 is 2.88 bits per heavy atom. The average Bonchev–Trinajstić information content (AvgIpc) is 2.74. The summed E-state index contributed by atoms with van der Waals surface area (Å²) in [6.45, 7) is 6.89. The Hall–Kier alpha value is -0.890. The molecule has 17 heavy (non-hydrogen) atoms. The van der Waals surface area contributed by atoms with Crippen LogP contribution in [0, 0.1) is 5.92 Å². The molecule has 1 aromatic rings. The van der Waals surface area contributed by atoms with E-state index in [1.54, 1.807) is 0 Å². The summed E-state index contributed by atoms with van der Waals surface area (Å²) in [7, 11) is 0. The number of aromatic nitrogens is 1. The maximum absolute atomic E-state index is 4.54. The predicted octanol–water partition coefficient (Wildman–Crippen LogP) is 3.48. The van der Waals surface area contributed by atoms with E-state index in [9.17, 15) is 0 Å². The summed E-state index contributed by atoms with van der Waals surface area (Å²) in [5.41, 5.74) is 2.71. The average molecular weight is 232 g/mol. The van der Waals surface area contributed by atoms with Crippen molar-refractivity contribution in [2.45, 2.75) is 58.5 Å². The van der Waals surface area contributed by atoms with Crippen molar-refractivity contribution in [3.63, 3.8) is 0 Å². The normalized spacial score (nSPS) is 20.6. The number of pyridine rings is 1. The Kier molecular flexibility index (Phi) is 4.16. The van der Waals surface area contributed by atoms with Crippen molar-refractivity contribution in [1.82, 2.24) is 10.3 Å². The summed E-state index contributed by atoms with van der Waals surface area (Å²) in [6.07, 6.45) is 6.81. The van der Waals surface area contributed by atoms with Gasteiger partial charge in [0, 0.05) is 12.2 Å². The second-order valence-corrected chi connectivity index (χ2v) is 5.17. The van der Waals surface area contributed by atoms with E-state index in [1.165, 1.54) is 36.9 Å². The van der Waals surface area contributed by atoms with Gasteiger partial charge in [-0.3, -0.25) is 4.98 Å². The molecule has 2 heteroatoms. The van der Waals surface area contributed by atoms with E-state index in [1.807, 2.05) is 12.3 Å². The highest BCUT2D eigenvalue weighted by molar-refractivity contribution is 5.27. The highest BCUT2D eigenvalue weighted by Gasteiger charge is 2.26. The minimum Gasteiger partial charge on any atom is -0.306 e. The highest BCUT2D eigenvalue weighted by atomic mass is 15.0. The first-order valence-electron chi connectivity index (χ1n) is 6.96. The summed E-state index contributed by atoms with van der Waals surface area (Å²) in [5.74, 6) is 0.780. The van der Waals surface area contributed by atoms with Crippen LogP contribution in [0.5, 0.6) is 0 Å². The zero-order chi connectivity index (χ0) is 12.3. The molecule has 2 nitrogen and oxygen atoms in total. The molecular formula is C15H24N2. The van der Waals surface area contributed by atoms with Crippen molar-refractivity contribution in [2.75, 3.05) is 0 Å². The van der Waals surface area contributed by atoms with Crippen molar-refractivity contribution in [3.05, 3.63) is 29.6 Å². The molecule has 1 aliphatic rings. The molecule has 1 aromatic heterocycles. The van der Waals surface area contributed by atoms with Gasteiger partial charge in [0.05, 0.1) is 11.7 Å². The number of rotatable bonds is 5. The predicted molar refractivity (Wildman–Crippen MR) is 72.0 cm³/mol. The molecule has 0 bridgehead atoms. The van der Waals surface area contributed by atoms with Gasteiger partial charge >= 0.3 is 0 Å². The zero-order valence-electron chi connectivity index (χ0n) is 11.2. The molecule has 2 unspecified atom stereocenters. The van der Waals surface area contributed by atoms with Gasteiger partial charge in [-0.1, -0.05) is 32.8 Å². The summed E-state index contributed by atoms with van der Waals surface area (Å²) in [6, 6.07) is 5.32. The van der Waals surface area contributed by atoms with Gasteiger partial charge in [-0.15, -0.1) is 0 Å². The minimum absolute atomic E-state index is 0.474. The molecule has 0 amide bonds. The van der Waals surface area contributed by atoms with E-state index in [4.69, 9.17) is 0 Å². The fourth-order valence-corrected chi connectivity index (χ4v) is 3.02. The van der Waals surface area contributed by atoms with Crippen LogP contribution in [-0.4, -0.2) is 11.0 Å². The lowest BCUT2D eigenvalue weighted by molar-refractivity contribution is 0.320. The standard InChI is InChI=1S/C15H24N2/c1-4-12(5-2)11(3)17-14-9-8-13-7-6-10-16-15(13)14/h6-7,10-12,14,17H,4-5,8-9H2,1-3H3. The molecule has 0 saturated heterocycles. The summed E-state index contributed by atoms with van der Waals surface area (Å²) in [5, 5.41) is 3.77. The first-order valence-corrected chi connectivity index (χ1v) is 6.96. The van der Waals surface area contributed by atoms with E-state index in [-0.39, 0.29) is 0 Å². The molecule has 1 aliphatic carbocycles. The van der Waals surface area contributed by atoms with E-state index >= 15 is 0 Å². The van der Waals surface area contributed by atoms with Gasteiger partial charge in [0.25, 0.3) is 0 Å². The Labute approximate surface area is 105 Å².